The molecular weight excluding hydrogens is 476 g/mol. The Morgan fingerprint density at radius 3 is 2.42 bits per heavy atom. The molecule has 196 valence electrons. The van der Waals surface area contributed by atoms with Crippen LogP contribution in [0.15, 0.2) is 28.1 Å². The van der Waals surface area contributed by atoms with Crippen LogP contribution in [0.2, 0.25) is 0 Å². The van der Waals surface area contributed by atoms with Crippen LogP contribution in [0.1, 0.15) is 83.6 Å². The SMILES string of the molecule is CCOC(=O)COc1ccc(C=C2SC(=NC3CCCCC3)N(C3CCCCC3)C2=O)cc1OCC. The maximum atomic E-state index is 13.6. The van der Waals surface area contributed by atoms with Crippen LogP contribution in [0.3, 0.4) is 0 Å². The number of carbonyl (C=O) groups excluding carboxylic acids is 2. The van der Waals surface area contributed by atoms with Crippen molar-refractivity contribution in [1.82, 2.24) is 4.90 Å². The van der Waals surface area contributed by atoms with Crippen LogP contribution in [-0.2, 0) is 14.3 Å². The van der Waals surface area contributed by atoms with Crippen molar-refractivity contribution in [2.75, 3.05) is 19.8 Å². The van der Waals surface area contributed by atoms with Crippen molar-refractivity contribution in [2.24, 2.45) is 4.99 Å². The summed E-state index contributed by atoms with van der Waals surface area (Å²) in [6.45, 7) is 4.24. The summed E-state index contributed by atoms with van der Waals surface area (Å²) < 4.78 is 16.3. The molecule has 0 aromatic heterocycles. The van der Waals surface area contributed by atoms with Gasteiger partial charge >= 0.3 is 5.97 Å². The minimum atomic E-state index is -0.424. The smallest absolute Gasteiger partial charge is 0.344 e. The average Bonchev–Trinajstić information content (AvgIpc) is 3.19. The van der Waals surface area contributed by atoms with Crippen LogP contribution in [0.25, 0.3) is 6.08 Å². The van der Waals surface area contributed by atoms with Gasteiger partial charge in [-0.25, -0.2) is 4.79 Å². The van der Waals surface area contributed by atoms with Gasteiger partial charge in [0.05, 0.1) is 24.2 Å². The molecule has 0 bridgehead atoms. The lowest BCUT2D eigenvalue weighted by molar-refractivity contribution is -0.145. The van der Waals surface area contributed by atoms with Gasteiger partial charge in [-0.2, -0.15) is 0 Å². The zero-order valence-electron chi connectivity index (χ0n) is 21.5. The number of nitrogens with zero attached hydrogens (tertiary/aromatic N) is 2. The molecule has 3 fully saturated rings. The standard InChI is InChI=1S/C28H38N2O5S/c1-3-33-24-17-20(15-16-23(24)35-19-26(31)34-4-2)18-25-27(32)30(22-13-9-6-10-14-22)28(36-25)29-21-11-7-5-8-12-21/h15-18,21-22H,3-14,19H2,1-2H3. The third-order valence-electron chi connectivity index (χ3n) is 6.86. The first-order chi connectivity index (χ1) is 17.6. The lowest BCUT2D eigenvalue weighted by atomic mass is 9.94. The summed E-state index contributed by atoms with van der Waals surface area (Å²) in [7, 11) is 0. The van der Waals surface area contributed by atoms with Crippen LogP contribution in [-0.4, -0.2) is 53.8 Å². The molecule has 0 unspecified atom stereocenters. The zero-order chi connectivity index (χ0) is 25.3. The summed E-state index contributed by atoms with van der Waals surface area (Å²) in [4.78, 5) is 33.1. The van der Waals surface area contributed by atoms with E-state index in [0.717, 1.165) is 36.4 Å². The van der Waals surface area contributed by atoms with E-state index < -0.39 is 5.97 Å². The number of ether oxygens (including phenoxy) is 3. The van der Waals surface area contributed by atoms with Gasteiger partial charge < -0.3 is 14.2 Å². The van der Waals surface area contributed by atoms with Crippen LogP contribution >= 0.6 is 11.8 Å². The van der Waals surface area contributed by atoms with E-state index in [0.29, 0.717) is 35.7 Å². The van der Waals surface area contributed by atoms with E-state index in [1.54, 1.807) is 13.0 Å². The molecule has 4 rings (SSSR count). The Labute approximate surface area is 218 Å². The van der Waals surface area contributed by atoms with Crippen LogP contribution in [0, 0.1) is 0 Å². The van der Waals surface area contributed by atoms with Crippen molar-refractivity contribution < 1.29 is 23.8 Å². The minimum Gasteiger partial charge on any atom is -0.490 e. The Morgan fingerprint density at radius 2 is 1.72 bits per heavy atom. The molecule has 0 spiro atoms. The van der Waals surface area contributed by atoms with Gasteiger partial charge in [0.15, 0.2) is 23.3 Å². The number of hydrogen-bond acceptors (Lipinski definition) is 7. The van der Waals surface area contributed by atoms with E-state index in [1.807, 2.05) is 30.0 Å². The monoisotopic (exact) mass is 514 g/mol. The topological polar surface area (TPSA) is 77.4 Å². The average molecular weight is 515 g/mol. The zero-order valence-corrected chi connectivity index (χ0v) is 22.3. The first kappa shape index (κ1) is 26.6. The molecule has 1 saturated heterocycles. The molecule has 1 aromatic carbocycles. The van der Waals surface area contributed by atoms with E-state index in [4.69, 9.17) is 19.2 Å². The Morgan fingerprint density at radius 1 is 1.00 bits per heavy atom. The quantitative estimate of drug-likeness (QED) is 0.299. The predicted molar refractivity (Wildman–Crippen MR) is 143 cm³/mol. The predicted octanol–water partition coefficient (Wildman–Crippen LogP) is 5.96. The molecule has 2 saturated carbocycles. The molecule has 8 heteroatoms. The maximum absolute atomic E-state index is 13.6. The van der Waals surface area contributed by atoms with Gasteiger partial charge in [0.1, 0.15) is 0 Å². The number of rotatable bonds is 9. The second-order valence-electron chi connectivity index (χ2n) is 9.51. The van der Waals surface area contributed by atoms with Crippen molar-refractivity contribution in [3.8, 4) is 11.5 Å². The third-order valence-corrected chi connectivity index (χ3v) is 7.86. The summed E-state index contributed by atoms with van der Waals surface area (Å²) in [6.07, 6.45) is 13.5. The minimum absolute atomic E-state index is 0.0575. The molecular formula is C28H38N2O5S. The second-order valence-corrected chi connectivity index (χ2v) is 10.5. The number of benzene rings is 1. The number of hydrogen-bond donors (Lipinski definition) is 0. The van der Waals surface area contributed by atoms with Gasteiger partial charge in [-0.1, -0.05) is 44.6 Å². The van der Waals surface area contributed by atoms with E-state index in [9.17, 15) is 9.59 Å². The van der Waals surface area contributed by atoms with Gasteiger partial charge in [-0.3, -0.25) is 14.7 Å². The highest BCUT2D eigenvalue weighted by Crippen LogP contribution is 2.39. The van der Waals surface area contributed by atoms with Crippen molar-refractivity contribution in [3.05, 3.63) is 28.7 Å². The van der Waals surface area contributed by atoms with E-state index in [2.05, 4.69) is 0 Å². The number of amides is 1. The van der Waals surface area contributed by atoms with Gasteiger partial charge in [-0.15, -0.1) is 0 Å². The van der Waals surface area contributed by atoms with Crippen molar-refractivity contribution >= 4 is 34.9 Å². The summed E-state index contributed by atoms with van der Waals surface area (Å²) in [5.74, 6) is 0.640. The van der Waals surface area contributed by atoms with Crippen LogP contribution < -0.4 is 9.47 Å². The van der Waals surface area contributed by atoms with Crippen LogP contribution in [0.5, 0.6) is 11.5 Å². The number of thioether (sulfide) groups is 1. The molecule has 1 aromatic rings. The molecule has 7 nitrogen and oxygen atoms in total. The fraction of sp³-hybridized carbons (Fsp3) is 0.607. The molecule has 3 aliphatic rings. The van der Waals surface area contributed by atoms with Gasteiger partial charge in [0.25, 0.3) is 5.91 Å². The number of esters is 1. The normalized spacial score (nSPS) is 21.8. The molecule has 1 heterocycles. The highest BCUT2D eigenvalue weighted by Gasteiger charge is 2.39. The number of carbonyl (C=O) groups is 2. The van der Waals surface area contributed by atoms with E-state index in [-0.39, 0.29) is 18.6 Å². The van der Waals surface area contributed by atoms with E-state index in [1.165, 1.54) is 50.3 Å². The third kappa shape index (κ3) is 6.84. The summed E-state index contributed by atoms with van der Waals surface area (Å²) >= 11 is 1.51. The highest BCUT2D eigenvalue weighted by molar-refractivity contribution is 8.18. The van der Waals surface area contributed by atoms with Crippen molar-refractivity contribution in [1.29, 1.82) is 0 Å². The summed E-state index contributed by atoms with van der Waals surface area (Å²) in [6, 6.07) is 6.07. The molecule has 2 aliphatic carbocycles. The Bertz CT molecular complexity index is 980. The number of amidine groups is 1. The molecule has 0 radical (unpaired) electrons. The summed E-state index contributed by atoms with van der Waals surface area (Å²) in [5.41, 5.74) is 0.847. The summed E-state index contributed by atoms with van der Waals surface area (Å²) in [5, 5.41) is 0.879. The van der Waals surface area contributed by atoms with Crippen LogP contribution in [0.4, 0.5) is 0 Å². The Hall–Kier alpha value is -2.48. The Balaban J connectivity index is 1.56. The molecule has 0 atom stereocenters. The maximum Gasteiger partial charge on any atom is 0.344 e. The molecule has 1 aliphatic heterocycles. The lowest BCUT2D eigenvalue weighted by Crippen LogP contribution is -2.41. The fourth-order valence-corrected chi connectivity index (χ4v) is 6.21. The highest BCUT2D eigenvalue weighted by atomic mass is 32.2. The molecule has 1 amide bonds. The largest absolute Gasteiger partial charge is 0.490 e. The van der Waals surface area contributed by atoms with Crippen molar-refractivity contribution in [3.63, 3.8) is 0 Å². The van der Waals surface area contributed by atoms with Gasteiger partial charge in [0.2, 0.25) is 0 Å². The Kier molecular flexibility index (Phi) is 9.73. The first-order valence-corrected chi connectivity index (χ1v) is 14.3. The fourth-order valence-electron chi connectivity index (χ4n) is 5.10. The second kappa shape index (κ2) is 13.2. The molecule has 0 N–H and O–H groups in total. The van der Waals surface area contributed by atoms with Gasteiger partial charge in [0, 0.05) is 6.04 Å². The van der Waals surface area contributed by atoms with Gasteiger partial charge in [-0.05, 0) is 75.1 Å². The number of aliphatic imine (C=N–C) groups is 1. The molecule has 36 heavy (non-hydrogen) atoms. The first-order valence-electron chi connectivity index (χ1n) is 13.4. The lowest BCUT2D eigenvalue weighted by Gasteiger charge is -2.31. The van der Waals surface area contributed by atoms with E-state index >= 15 is 0 Å². The van der Waals surface area contributed by atoms with Crippen molar-refractivity contribution in [2.45, 2.75) is 90.1 Å².